The fourth-order valence-corrected chi connectivity index (χ4v) is 2.89. The third-order valence-corrected chi connectivity index (χ3v) is 3.80. The van der Waals surface area contributed by atoms with Crippen molar-refractivity contribution in [1.82, 2.24) is 0 Å². The van der Waals surface area contributed by atoms with Crippen molar-refractivity contribution in [3.8, 4) is 0 Å². The molecule has 4 heteroatoms. The minimum atomic E-state index is -3.67. The first-order valence-electron chi connectivity index (χ1n) is 6.29. The second-order valence-electron chi connectivity index (χ2n) is 4.14. The van der Waals surface area contributed by atoms with E-state index in [2.05, 4.69) is 66.7 Å². The molecule has 0 heterocycles. The van der Waals surface area contributed by atoms with Crippen molar-refractivity contribution < 1.29 is 13.2 Å². The van der Waals surface area contributed by atoms with Crippen molar-refractivity contribution in [2.75, 3.05) is 0 Å². The summed E-state index contributed by atoms with van der Waals surface area (Å²) in [5.74, 6) is 0. The van der Waals surface area contributed by atoms with Gasteiger partial charge in [-0.25, -0.2) is 0 Å². The number of hydrogen-bond donors (Lipinski definition) is 0. The third kappa shape index (κ3) is 4.83. The minimum absolute atomic E-state index is 1.28. The molecule has 0 bridgehead atoms. The summed E-state index contributed by atoms with van der Waals surface area (Å²) in [6.45, 7) is -3.67. The fraction of sp³-hybridized carbons (Fsp3) is 0.0588. The van der Waals surface area contributed by atoms with E-state index >= 15 is 0 Å². The number of hydrogen-bond acceptors (Lipinski definition) is 1. The zero-order valence-corrected chi connectivity index (χ0v) is 11.9. The fourth-order valence-electron chi connectivity index (χ4n) is 1.90. The highest BCUT2D eigenvalue weighted by Crippen LogP contribution is 2.33. The second-order valence-corrected chi connectivity index (χ2v) is 5.26. The Bertz CT molecular complexity index is 676. The van der Waals surface area contributed by atoms with Crippen LogP contribution in [0.2, 0.25) is 0 Å². The highest BCUT2D eigenvalue weighted by atomic mass is 32.2. The summed E-state index contributed by atoms with van der Waals surface area (Å²) in [6.07, 6.45) is 0. The summed E-state index contributed by atoms with van der Waals surface area (Å²) in [5.41, 5.74) is 0. The van der Waals surface area contributed by atoms with Crippen LogP contribution in [-0.2, 0) is 0 Å². The van der Waals surface area contributed by atoms with Gasteiger partial charge in [-0.15, -0.1) is 0 Å². The van der Waals surface area contributed by atoms with Gasteiger partial charge in [0.05, 0.1) is 0 Å². The van der Waals surface area contributed by atoms with Crippen molar-refractivity contribution in [2.45, 2.75) is 16.5 Å². The molecule has 0 N–H and O–H groups in total. The minimum Gasteiger partial charge on any atom is -0.174 e. The summed E-state index contributed by atoms with van der Waals surface area (Å²) < 4.78 is 29.0. The van der Waals surface area contributed by atoms with Crippen LogP contribution in [0.25, 0.3) is 10.8 Å². The summed E-state index contributed by atoms with van der Waals surface area (Å²) >= 11 is 1.82. The van der Waals surface area contributed by atoms with Gasteiger partial charge in [0.1, 0.15) is 0 Å². The number of alkyl halides is 3. The van der Waals surface area contributed by atoms with Gasteiger partial charge < -0.3 is 0 Å². The summed E-state index contributed by atoms with van der Waals surface area (Å²) in [5, 5.41) is 2.62. The Morgan fingerprint density at radius 3 is 1.95 bits per heavy atom. The first kappa shape index (κ1) is 15.4. The van der Waals surface area contributed by atoms with E-state index in [9.17, 15) is 13.2 Å². The van der Waals surface area contributed by atoms with Gasteiger partial charge in [0.2, 0.25) is 0 Å². The van der Waals surface area contributed by atoms with Crippen molar-refractivity contribution in [1.29, 1.82) is 0 Å². The average Bonchev–Trinajstić information content (AvgIpc) is 2.48. The summed E-state index contributed by atoms with van der Waals surface area (Å²) in [4.78, 5) is 2.60. The van der Waals surface area contributed by atoms with Gasteiger partial charge in [0.25, 0.3) is 0 Å². The smallest absolute Gasteiger partial charge is 0.174 e. The number of rotatable bonds is 2. The molecule has 0 aliphatic carbocycles. The average molecular weight is 306 g/mol. The van der Waals surface area contributed by atoms with Gasteiger partial charge in [0.15, 0.2) is 0 Å². The molecule has 0 spiro atoms. The van der Waals surface area contributed by atoms with Crippen LogP contribution >= 0.6 is 11.8 Å². The number of fused-ring (bicyclic) bond motifs is 1. The molecule has 0 unspecified atom stereocenters. The Morgan fingerprint density at radius 2 is 1.24 bits per heavy atom. The molecule has 21 heavy (non-hydrogen) atoms. The Balaban J connectivity index is 0.000000361. The lowest BCUT2D eigenvalue weighted by Gasteiger charge is -2.05. The van der Waals surface area contributed by atoms with Gasteiger partial charge >= 0.3 is 6.68 Å². The Morgan fingerprint density at radius 1 is 0.667 bits per heavy atom. The van der Waals surface area contributed by atoms with Crippen molar-refractivity contribution in [3.63, 3.8) is 0 Å². The third-order valence-electron chi connectivity index (χ3n) is 2.72. The van der Waals surface area contributed by atoms with Gasteiger partial charge in [-0.3, -0.25) is 0 Å². The maximum absolute atomic E-state index is 9.67. The molecule has 0 aliphatic rings. The molecule has 3 aromatic rings. The standard InChI is InChI=1S/C16H12S.CHF3/c1-2-9-14(10-3-1)17-16-12-6-8-13-7-4-5-11-15(13)16;2-1(3)4/h1-12H;1H. The lowest BCUT2D eigenvalue weighted by atomic mass is 10.1. The van der Waals surface area contributed by atoms with E-state index in [4.69, 9.17) is 0 Å². The van der Waals surface area contributed by atoms with Crippen LogP contribution in [0.4, 0.5) is 13.2 Å². The molecular formula is C17H13F3S. The quantitative estimate of drug-likeness (QED) is 0.545. The molecule has 0 atom stereocenters. The van der Waals surface area contributed by atoms with E-state index in [1.54, 1.807) is 0 Å². The van der Waals surface area contributed by atoms with Crippen LogP contribution in [-0.4, -0.2) is 6.68 Å². The van der Waals surface area contributed by atoms with Crippen molar-refractivity contribution in [2.24, 2.45) is 0 Å². The van der Waals surface area contributed by atoms with E-state index in [1.807, 2.05) is 17.8 Å². The Labute approximate surface area is 125 Å². The molecule has 0 amide bonds. The molecule has 0 radical (unpaired) electrons. The van der Waals surface area contributed by atoms with Crippen LogP contribution in [0.5, 0.6) is 0 Å². The van der Waals surface area contributed by atoms with Gasteiger partial charge in [-0.2, -0.15) is 13.2 Å². The van der Waals surface area contributed by atoms with E-state index in [1.165, 1.54) is 20.6 Å². The summed E-state index contributed by atoms with van der Waals surface area (Å²) in [7, 11) is 0. The van der Waals surface area contributed by atoms with E-state index in [0.29, 0.717) is 0 Å². The zero-order chi connectivity index (χ0) is 15.1. The molecule has 3 rings (SSSR count). The van der Waals surface area contributed by atoms with Crippen LogP contribution in [0.3, 0.4) is 0 Å². The lowest BCUT2D eigenvalue weighted by molar-refractivity contribution is 0.00819. The van der Waals surface area contributed by atoms with E-state index < -0.39 is 6.68 Å². The van der Waals surface area contributed by atoms with E-state index in [-0.39, 0.29) is 0 Å². The molecule has 0 nitrogen and oxygen atoms in total. The monoisotopic (exact) mass is 306 g/mol. The molecular weight excluding hydrogens is 293 g/mol. The molecule has 3 aromatic carbocycles. The molecule has 0 aromatic heterocycles. The van der Waals surface area contributed by atoms with Crippen LogP contribution in [0.15, 0.2) is 82.6 Å². The molecule has 0 aliphatic heterocycles. The van der Waals surface area contributed by atoms with Gasteiger partial charge in [-0.1, -0.05) is 66.4 Å². The Kier molecular flexibility index (Phi) is 5.69. The predicted octanol–water partition coefficient (Wildman–Crippen LogP) is 6.17. The highest BCUT2D eigenvalue weighted by Gasteiger charge is 2.01. The van der Waals surface area contributed by atoms with Crippen LogP contribution in [0, 0.1) is 0 Å². The maximum atomic E-state index is 9.67. The number of halogens is 3. The van der Waals surface area contributed by atoms with Crippen LogP contribution < -0.4 is 0 Å². The van der Waals surface area contributed by atoms with Gasteiger partial charge in [-0.05, 0) is 29.0 Å². The summed E-state index contributed by atoms with van der Waals surface area (Å²) in [6, 6.07) is 25.5. The Hall–Kier alpha value is -1.94. The SMILES string of the molecule is FC(F)F.c1ccc(Sc2cccc3ccccc23)cc1. The van der Waals surface area contributed by atoms with Crippen LogP contribution in [0.1, 0.15) is 0 Å². The maximum Gasteiger partial charge on any atom is 0.379 e. The largest absolute Gasteiger partial charge is 0.379 e. The molecule has 0 fully saturated rings. The van der Waals surface area contributed by atoms with Gasteiger partial charge in [0, 0.05) is 9.79 Å². The lowest BCUT2D eigenvalue weighted by Crippen LogP contribution is -1.77. The molecule has 0 saturated heterocycles. The zero-order valence-electron chi connectivity index (χ0n) is 11.0. The highest BCUT2D eigenvalue weighted by molar-refractivity contribution is 7.99. The molecule has 0 saturated carbocycles. The second kappa shape index (κ2) is 7.74. The normalized spacial score (nSPS) is 10.3. The number of benzene rings is 3. The first-order chi connectivity index (χ1) is 10.2. The first-order valence-corrected chi connectivity index (χ1v) is 7.11. The van der Waals surface area contributed by atoms with Crippen molar-refractivity contribution >= 4 is 22.5 Å². The topological polar surface area (TPSA) is 0 Å². The predicted molar refractivity (Wildman–Crippen MR) is 81.6 cm³/mol. The molecule has 108 valence electrons. The van der Waals surface area contributed by atoms with E-state index in [0.717, 1.165) is 0 Å². The van der Waals surface area contributed by atoms with Crippen molar-refractivity contribution in [3.05, 3.63) is 72.8 Å².